The number of hydrogen-bond donors (Lipinski definition) is 3. The number of carbonyl (C=O) groups is 2. The third-order valence-electron chi connectivity index (χ3n) is 4.24. The van der Waals surface area contributed by atoms with Crippen molar-refractivity contribution in [1.29, 1.82) is 0 Å². The third-order valence-corrected chi connectivity index (χ3v) is 4.24. The number of benzene rings is 1. The highest BCUT2D eigenvalue weighted by atomic mass is 16.4. The van der Waals surface area contributed by atoms with Crippen molar-refractivity contribution < 1.29 is 14.7 Å². The van der Waals surface area contributed by atoms with E-state index in [0.29, 0.717) is 17.3 Å². The molecule has 3 rings (SSSR count). The molecule has 5 heteroatoms. The van der Waals surface area contributed by atoms with Gasteiger partial charge in [-0.2, -0.15) is 0 Å². The minimum Gasteiger partial charge on any atom is -0.478 e. The van der Waals surface area contributed by atoms with E-state index < -0.39 is 5.97 Å². The van der Waals surface area contributed by atoms with Gasteiger partial charge in [-0.1, -0.05) is 19.3 Å². The topological polar surface area (TPSA) is 78.4 Å². The number of anilines is 2. The van der Waals surface area contributed by atoms with Crippen LogP contribution >= 0.6 is 0 Å². The lowest BCUT2D eigenvalue weighted by atomic mass is 9.82. The van der Waals surface area contributed by atoms with Gasteiger partial charge in [-0.25, -0.2) is 4.79 Å². The average molecular weight is 274 g/mol. The summed E-state index contributed by atoms with van der Waals surface area (Å²) in [6.45, 7) is 0. The number of aromatic carboxylic acids is 1. The fourth-order valence-corrected chi connectivity index (χ4v) is 3.15. The number of amides is 1. The first-order chi connectivity index (χ1) is 9.65. The monoisotopic (exact) mass is 274 g/mol. The predicted octanol–water partition coefficient (Wildman–Crippen LogP) is 2.70. The molecule has 0 spiro atoms. The zero-order valence-corrected chi connectivity index (χ0v) is 11.2. The van der Waals surface area contributed by atoms with Crippen molar-refractivity contribution in [1.82, 2.24) is 0 Å². The van der Waals surface area contributed by atoms with E-state index in [1.165, 1.54) is 12.5 Å². The molecule has 106 valence electrons. The summed E-state index contributed by atoms with van der Waals surface area (Å²) in [7, 11) is 0. The summed E-state index contributed by atoms with van der Waals surface area (Å²) < 4.78 is 0. The Morgan fingerprint density at radius 1 is 1.15 bits per heavy atom. The van der Waals surface area contributed by atoms with E-state index in [4.69, 9.17) is 5.11 Å². The number of carboxylic acids is 1. The molecule has 1 aromatic rings. The third kappa shape index (κ3) is 2.35. The Hall–Kier alpha value is -2.04. The highest BCUT2D eigenvalue weighted by molar-refractivity contribution is 6.04. The number of carbonyl (C=O) groups excluding carboxylic acids is 1. The first-order valence-corrected chi connectivity index (χ1v) is 7.10. The van der Waals surface area contributed by atoms with Gasteiger partial charge in [0, 0.05) is 0 Å². The Morgan fingerprint density at radius 2 is 1.90 bits per heavy atom. The lowest BCUT2D eigenvalue weighted by Gasteiger charge is -2.34. The van der Waals surface area contributed by atoms with Crippen LogP contribution in [0.25, 0.3) is 0 Å². The molecule has 0 bridgehead atoms. The summed E-state index contributed by atoms with van der Waals surface area (Å²) in [4.78, 5) is 23.2. The Balaban J connectivity index is 1.85. The second kappa shape index (κ2) is 5.15. The van der Waals surface area contributed by atoms with Crippen molar-refractivity contribution in [3.05, 3.63) is 23.8 Å². The minimum atomic E-state index is -0.958. The lowest BCUT2D eigenvalue weighted by Crippen LogP contribution is -2.44. The molecular weight excluding hydrogens is 256 g/mol. The molecule has 1 saturated carbocycles. The van der Waals surface area contributed by atoms with Crippen LogP contribution in [-0.4, -0.2) is 23.0 Å². The maximum atomic E-state index is 12.2. The molecule has 1 aromatic carbocycles. The van der Waals surface area contributed by atoms with E-state index in [1.807, 2.05) is 0 Å². The summed E-state index contributed by atoms with van der Waals surface area (Å²) in [5, 5.41) is 15.2. The zero-order chi connectivity index (χ0) is 14.1. The molecule has 0 aromatic heterocycles. The molecule has 1 atom stereocenters. The number of nitrogens with one attached hydrogen (secondary N) is 2. The van der Waals surface area contributed by atoms with Crippen LogP contribution in [-0.2, 0) is 4.79 Å². The van der Waals surface area contributed by atoms with Gasteiger partial charge in [0.25, 0.3) is 0 Å². The van der Waals surface area contributed by atoms with Gasteiger partial charge in [-0.15, -0.1) is 0 Å². The molecule has 3 N–H and O–H groups in total. The van der Waals surface area contributed by atoms with Crippen LogP contribution in [0.2, 0.25) is 0 Å². The first-order valence-electron chi connectivity index (χ1n) is 7.10. The Labute approximate surface area is 117 Å². The van der Waals surface area contributed by atoms with Crippen LogP contribution in [0, 0.1) is 5.92 Å². The van der Waals surface area contributed by atoms with E-state index in [1.54, 1.807) is 12.1 Å². The second-order valence-corrected chi connectivity index (χ2v) is 5.57. The highest BCUT2D eigenvalue weighted by Gasteiger charge is 2.33. The van der Waals surface area contributed by atoms with Crippen molar-refractivity contribution in [3.63, 3.8) is 0 Å². The Morgan fingerprint density at radius 3 is 2.60 bits per heavy atom. The molecule has 1 amide bonds. The van der Waals surface area contributed by atoms with Gasteiger partial charge < -0.3 is 15.7 Å². The van der Waals surface area contributed by atoms with Gasteiger partial charge in [0.1, 0.15) is 6.04 Å². The van der Waals surface area contributed by atoms with Crippen molar-refractivity contribution >= 4 is 23.3 Å². The van der Waals surface area contributed by atoms with Gasteiger partial charge in [0.15, 0.2) is 0 Å². The van der Waals surface area contributed by atoms with Gasteiger partial charge in [0.2, 0.25) is 5.91 Å². The number of fused-ring (bicyclic) bond motifs is 1. The number of rotatable bonds is 2. The van der Waals surface area contributed by atoms with Crippen molar-refractivity contribution in [2.75, 3.05) is 10.6 Å². The quantitative estimate of drug-likeness (QED) is 0.774. The maximum absolute atomic E-state index is 12.2. The van der Waals surface area contributed by atoms with Gasteiger partial charge >= 0.3 is 5.97 Å². The maximum Gasteiger partial charge on any atom is 0.335 e. The van der Waals surface area contributed by atoms with E-state index in [0.717, 1.165) is 25.7 Å². The summed E-state index contributed by atoms with van der Waals surface area (Å²) in [6.07, 6.45) is 5.68. The van der Waals surface area contributed by atoms with Crippen LogP contribution in [0.15, 0.2) is 18.2 Å². The number of carboxylic acid groups (broad SMARTS) is 1. The minimum absolute atomic E-state index is 0.00697. The summed E-state index contributed by atoms with van der Waals surface area (Å²) in [6, 6.07) is 4.49. The molecule has 20 heavy (non-hydrogen) atoms. The molecule has 1 fully saturated rings. The summed E-state index contributed by atoms with van der Waals surface area (Å²) in [5.74, 6) is -0.626. The van der Waals surface area contributed by atoms with Crippen LogP contribution < -0.4 is 10.6 Å². The average Bonchev–Trinajstić information content (AvgIpc) is 2.47. The normalized spacial score (nSPS) is 22.6. The largest absolute Gasteiger partial charge is 0.478 e. The Kier molecular flexibility index (Phi) is 3.34. The lowest BCUT2D eigenvalue weighted by molar-refractivity contribution is -0.118. The van der Waals surface area contributed by atoms with Gasteiger partial charge in [-0.05, 0) is 37.0 Å². The number of hydrogen-bond acceptors (Lipinski definition) is 3. The molecule has 5 nitrogen and oxygen atoms in total. The van der Waals surface area contributed by atoms with Gasteiger partial charge in [-0.3, -0.25) is 4.79 Å². The smallest absolute Gasteiger partial charge is 0.335 e. The fourth-order valence-electron chi connectivity index (χ4n) is 3.15. The van der Waals surface area contributed by atoms with E-state index >= 15 is 0 Å². The molecule has 0 radical (unpaired) electrons. The molecular formula is C15H18N2O3. The molecule has 1 unspecified atom stereocenters. The SMILES string of the molecule is O=C(O)c1ccc2c(c1)NC(C1CCCCC1)C(=O)N2. The summed E-state index contributed by atoms with van der Waals surface area (Å²) >= 11 is 0. The summed E-state index contributed by atoms with van der Waals surface area (Å²) in [5.41, 5.74) is 1.60. The molecule has 1 aliphatic carbocycles. The van der Waals surface area contributed by atoms with E-state index in [-0.39, 0.29) is 17.5 Å². The fraction of sp³-hybridized carbons (Fsp3) is 0.467. The van der Waals surface area contributed by atoms with Crippen molar-refractivity contribution in [2.24, 2.45) is 5.92 Å². The van der Waals surface area contributed by atoms with Crippen LogP contribution in [0.4, 0.5) is 11.4 Å². The van der Waals surface area contributed by atoms with Crippen LogP contribution in [0.3, 0.4) is 0 Å². The van der Waals surface area contributed by atoms with E-state index in [2.05, 4.69) is 10.6 Å². The second-order valence-electron chi connectivity index (χ2n) is 5.57. The first kappa shape index (κ1) is 13.0. The molecule has 1 heterocycles. The van der Waals surface area contributed by atoms with E-state index in [9.17, 15) is 9.59 Å². The predicted molar refractivity (Wildman–Crippen MR) is 76.0 cm³/mol. The highest BCUT2D eigenvalue weighted by Crippen LogP contribution is 2.34. The molecule has 1 aliphatic heterocycles. The van der Waals surface area contributed by atoms with Gasteiger partial charge in [0.05, 0.1) is 16.9 Å². The molecule has 2 aliphatic rings. The standard InChI is InChI=1S/C15H18N2O3/c18-14-13(9-4-2-1-3-5-9)16-12-8-10(15(19)20)6-7-11(12)17-14/h6-9,13,16H,1-5H2,(H,17,18)(H,19,20). The van der Waals surface area contributed by atoms with Crippen LogP contribution in [0.5, 0.6) is 0 Å². The zero-order valence-electron chi connectivity index (χ0n) is 11.2. The molecule has 0 saturated heterocycles. The van der Waals surface area contributed by atoms with Crippen molar-refractivity contribution in [3.8, 4) is 0 Å². The van der Waals surface area contributed by atoms with Crippen LogP contribution in [0.1, 0.15) is 42.5 Å². The Bertz CT molecular complexity index is 550. The van der Waals surface area contributed by atoms with Crippen molar-refractivity contribution in [2.45, 2.75) is 38.1 Å².